The van der Waals surface area contributed by atoms with E-state index in [1.165, 1.54) is 6.20 Å². The van der Waals surface area contributed by atoms with Gasteiger partial charge in [-0.2, -0.15) is 0 Å². The summed E-state index contributed by atoms with van der Waals surface area (Å²) in [5.41, 5.74) is 2.70. The number of carbonyl (C=O) groups excluding carboxylic acids is 1. The van der Waals surface area contributed by atoms with Gasteiger partial charge in [-0.05, 0) is 30.7 Å². The minimum Gasteiger partial charge on any atom is -0.494 e. The summed E-state index contributed by atoms with van der Waals surface area (Å²) in [5.74, 6) is 0.402. The van der Waals surface area contributed by atoms with Crippen molar-refractivity contribution in [1.29, 1.82) is 0 Å². The van der Waals surface area contributed by atoms with Gasteiger partial charge in [0, 0.05) is 17.8 Å². The van der Waals surface area contributed by atoms with Gasteiger partial charge >= 0.3 is 0 Å². The SMILES string of the molecule is COc1cccc2c(NC(=O)c3ccc(Cl)nc3)c(C)cnc12. The quantitative estimate of drug-likeness (QED) is 0.742. The first-order valence-corrected chi connectivity index (χ1v) is 7.33. The molecule has 0 unspecified atom stereocenters. The molecule has 1 amide bonds. The van der Waals surface area contributed by atoms with E-state index in [4.69, 9.17) is 16.3 Å². The Morgan fingerprint density at radius 3 is 2.70 bits per heavy atom. The fourth-order valence-corrected chi connectivity index (χ4v) is 2.43. The van der Waals surface area contributed by atoms with E-state index in [0.717, 1.165) is 10.9 Å². The van der Waals surface area contributed by atoms with Gasteiger partial charge in [0.2, 0.25) is 0 Å². The van der Waals surface area contributed by atoms with E-state index < -0.39 is 0 Å². The van der Waals surface area contributed by atoms with Gasteiger partial charge in [-0.15, -0.1) is 0 Å². The summed E-state index contributed by atoms with van der Waals surface area (Å²) in [7, 11) is 1.59. The summed E-state index contributed by atoms with van der Waals surface area (Å²) in [6.45, 7) is 1.89. The molecule has 2 heterocycles. The lowest BCUT2D eigenvalue weighted by Crippen LogP contribution is -2.13. The highest BCUT2D eigenvalue weighted by Crippen LogP contribution is 2.31. The second kappa shape index (κ2) is 6.22. The van der Waals surface area contributed by atoms with Crippen LogP contribution in [0.1, 0.15) is 15.9 Å². The lowest BCUT2D eigenvalue weighted by Gasteiger charge is -2.13. The van der Waals surface area contributed by atoms with Crippen LogP contribution in [0.15, 0.2) is 42.7 Å². The van der Waals surface area contributed by atoms with Gasteiger partial charge in [-0.25, -0.2) is 4.98 Å². The molecule has 0 saturated heterocycles. The summed E-state index contributed by atoms with van der Waals surface area (Å²) in [6.07, 6.45) is 3.15. The number of nitrogens with zero attached hydrogens (tertiary/aromatic N) is 2. The Bertz CT molecular complexity index is 879. The van der Waals surface area contributed by atoms with Gasteiger partial charge in [0.15, 0.2) is 0 Å². The molecule has 0 aliphatic heterocycles. The fourth-order valence-electron chi connectivity index (χ4n) is 2.32. The molecule has 6 heteroatoms. The smallest absolute Gasteiger partial charge is 0.257 e. The van der Waals surface area contributed by atoms with Crippen molar-refractivity contribution in [2.45, 2.75) is 6.92 Å². The minimum atomic E-state index is -0.257. The maximum atomic E-state index is 12.4. The highest BCUT2D eigenvalue weighted by Gasteiger charge is 2.13. The minimum absolute atomic E-state index is 0.257. The number of anilines is 1. The van der Waals surface area contributed by atoms with Crippen molar-refractivity contribution in [3.05, 3.63) is 59.0 Å². The Balaban J connectivity index is 2.04. The number of hydrogen-bond acceptors (Lipinski definition) is 4. The van der Waals surface area contributed by atoms with Crippen molar-refractivity contribution in [3.8, 4) is 5.75 Å². The second-order valence-corrected chi connectivity index (χ2v) is 5.38. The third kappa shape index (κ3) is 2.96. The fraction of sp³-hybridized carbons (Fsp3) is 0.118. The maximum absolute atomic E-state index is 12.4. The highest BCUT2D eigenvalue weighted by molar-refractivity contribution is 6.29. The molecule has 0 spiro atoms. The van der Waals surface area contributed by atoms with Gasteiger partial charge in [0.1, 0.15) is 16.4 Å². The van der Waals surface area contributed by atoms with E-state index in [-0.39, 0.29) is 5.91 Å². The predicted molar refractivity (Wildman–Crippen MR) is 90.2 cm³/mol. The van der Waals surface area contributed by atoms with Crippen molar-refractivity contribution in [2.24, 2.45) is 0 Å². The van der Waals surface area contributed by atoms with Crippen LogP contribution in [0.5, 0.6) is 5.75 Å². The zero-order valence-corrected chi connectivity index (χ0v) is 13.4. The van der Waals surface area contributed by atoms with E-state index in [2.05, 4.69) is 15.3 Å². The molecule has 0 aliphatic rings. The van der Waals surface area contributed by atoms with Crippen LogP contribution in [-0.4, -0.2) is 23.0 Å². The third-order valence-corrected chi connectivity index (χ3v) is 3.72. The topological polar surface area (TPSA) is 64.1 Å². The Morgan fingerprint density at radius 2 is 2.00 bits per heavy atom. The van der Waals surface area contributed by atoms with E-state index in [9.17, 15) is 4.79 Å². The molecule has 116 valence electrons. The first-order chi connectivity index (χ1) is 11.1. The number of hydrogen-bond donors (Lipinski definition) is 1. The first kappa shape index (κ1) is 15.2. The van der Waals surface area contributed by atoms with Crippen molar-refractivity contribution in [2.75, 3.05) is 12.4 Å². The molecule has 0 aliphatic carbocycles. The van der Waals surface area contributed by atoms with Crippen LogP contribution in [0, 0.1) is 6.92 Å². The summed E-state index contributed by atoms with van der Waals surface area (Å²) in [6, 6.07) is 8.80. The Morgan fingerprint density at radius 1 is 1.17 bits per heavy atom. The number of aromatic nitrogens is 2. The van der Waals surface area contributed by atoms with E-state index in [1.54, 1.807) is 25.4 Å². The molecular weight excluding hydrogens is 314 g/mol. The van der Waals surface area contributed by atoms with Crippen molar-refractivity contribution < 1.29 is 9.53 Å². The number of ether oxygens (including phenoxy) is 1. The van der Waals surface area contributed by atoms with E-state index >= 15 is 0 Å². The van der Waals surface area contributed by atoms with Crippen LogP contribution >= 0.6 is 11.6 Å². The number of aryl methyl sites for hydroxylation is 1. The zero-order chi connectivity index (χ0) is 16.4. The van der Waals surface area contributed by atoms with Crippen molar-refractivity contribution in [1.82, 2.24) is 9.97 Å². The average Bonchev–Trinajstić information content (AvgIpc) is 2.57. The Labute approximate surface area is 138 Å². The van der Waals surface area contributed by atoms with Crippen LogP contribution < -0.4 is 10.1 Å². The summed E-state index contributed by atoms with van der Waals surface area (Å²) in [5, 5.41) is 4.09. The van der Waals surface area contributed by atoms with Gasteiger partial charge < -0.3 is 10.1 Å². The van der Waals surface area contributed by atoms with Crippen molar-refractivity contribution in [3.63, 3.8) is 0 Å². The lowest BCUT2D eigenvalue weighted by molar-refractivity contribution is 0.102. The van der Waals surface area contributed by atoms with Gasteiger partial charge in [0.25, 0.3) is 5.91 Å². The normalized spacial score (nSPS) is 10.6. The maximum Gasteiger partial charge on any atom is 0.257 e. The van der Waals surface area contributed by atoms with E-state index in [1.807, 2.05) is 25.1 Å². The lowest BCUT2D eigenvalue weighted by atomic mass is 10.1. The number of para-hydroxylation sites is 1. The molecule has 0 saturated carbocycles. The predicted octanol–water partition coefficient (Wildman–Crippen LogP) is 3.85. The van der Waals surface area contributed by atoms with Crippen LogP contribution in [0.4, 0.5) is 5.69 Å². The molecular formula is C17H14ClN3O2. The first-order valence-electron chi connectivity index (χ1n) is 6.95. The number of pyridine rings is 2. The number of rotatable bonds is 3. The number of methoxy groups -OCH3 is 1. The number of halogens is 1. The van der Waals surface area contributed by atoms with Crippen LogP contribution in [0.3, 0.4) is 0 Å². The number of benzene rings is 1. The van der Waals surface area contributed by atoms with E-state index in [0.29, 0.717) is 27.7 Å². The van der Waals surface area contributed by atoms with Crippen LogP contribution in [0.25, 0.3) is 10.9 Å². The molecule has 5 nitrogen and oxygen atoms in total. The average molecular weight is 328 g/mol. The van der Waals surface area contributed by atoms with Crippen LogP contribution in [-0.2, 0) is 0 Å². The van der Waals surface area contributed by atoms with Gasteiger partial charge in [-0.1, -0.05) is 23.7 Å². The molecule has 23 heavy (non-hydrogen) atoms. The number of amides is 1. The highest BCUT2D eigenvalue weighted by atomic mass is 35.5. The monoisotopic (exact) mass is 327 g/mol. The molecule has 0 fully saturated rings. The second-order valence-electron chi connectivity index (χ2n) is 5.00. The number of nitrogens with one attached hydrogen (secondary N) is 1. The summed E-state index contributed by atoms with van der Waals surface area (Å²) < 4.78 is 5.33. The standard InChI is InChI=1S/C17H14ClN3O2/c1-10-8-20-16-12(4-3-5-13(16)23-2)15(10)21-17(22)11-6-7-14(18)19-9-11/h3-9H,1-2H3,(H,20,21,22). The number of carbonyl (C=O) groups is 1. The number of fused-ring (bicyclic) bond motifs is 1. The summed E-state index contributed by atoms with van der Waals surface area (Å²) in [4.78, 5) is 20.8. The molecule has 0 atom stereocenters. The molecule has 1 N–H and O–H groups in total. The molecule has 2 aromatic heterocycles. The largest absolute Gasteiger partial charge is 0.494 e. The third-order valence-electron chi connectivity index (χ3n) is 3.50. The Hall–Kier alpha value is -2.66. The zero-order valence-electron chi connectivity index (χ0n) is 12.6. The summed E-state index contributed by atoms with van der Waals surface area (Å²) >= 11 is 5.75. The Kier molecular flexibility index (Phi) is 4.12. The van der Waals surface area contributed by atoms with Crippen molar-refractivity contribution >= 4 is 34.1 Å². The molecule has 3 rings (SSSR count). The molecule has 3 aromatic rings. The molecule has 1 aromatic carbocycles. The van der Waals surface area contributed by atoms with Gasteiger partial charge in [-0.3, -0.25) is 9.78 Å². The van der Waals surface area contributed by atoms with Crippen LogP contribution in [0.2, 0.25) is 5.15 Å². The van der Waals surface area contributed by atoms with Gasteiger partial charge in [0.05, 0.1) is 18.4 Å². The molecule has 0 bridgehead atoms. The molecule has 0 radical (unpaired) electrons.